The molecular weight excluding hydrogens is 162 g/mol. The Labute approximate surface area is 65.9 Å². The van der Waals surface area contributed by atoms with Crippen LogP contribution in [-0.2, 0) is 0 Å². The zero-order valence-corrected chi connectivity index (χ0v) is 6.21. The topological polar surface area (TPSA) is 0 Å². The first-order chi connectivity index (χ1) is 3.39. The smallest absolute Gasteiger partial charge is 0.123 e. The third kappa shape index (κ3) is 4.25. The lowest BCUT2D eigenvalue weighted by Crippen LogP contribution is -1.63. The molecule has 1 aromatic carbocycles. The van der Waals surface area contributed by atoms with Gasteiger partial charge in [0.15, 0.2) is 0 Å². The molecule has 0 saturated carbocycles. The molecule has 0 fully saturated rings. The highest BCUT2D eigenvalue weighted by molar-refractivity contribution is 5.85. The maximum atomic E-state index is 11.9. The van der Waals surface area contributed by atoms with Gasteiger partial charge in [-0.3, -0.25) is 0 Å². The van der Waals surface area contributed by atoms with Crippen molar-refractivity contribution in [2.75, 3.05) is 0 Å². The summed E-state index contributed by atoms with van der Waals surface area (Å²) in [5.41, 5.74) is 0. The SMILES string of the molecule is Cl.Cl.Fc1ccccc1. The Kier molecular flexibility index (Phi) is 7.50. The Morgan fingerprint density at radius 2 is 1.33 bits per heavy atom. The maximum absolute atomic E-state index is 11.9. The monoisotopic (exact) mass is 168 g/mol. The van der Waals surface area contributed by atoms with Crippen LogP contribution in [0.25, 0.3) is 0 Å². The number of hydrogen-bond acceptors (Lipinski definition) is 0. The van der Waals surface area contributed by atoms with Crippen molar-refractivity contribution < 1.29 is 4.39 Å². The number of rotatable bonds is 0. The summed E-state index contributed by atoms with van der Waals surface area (Å²) >= 11 is 0. The first-order valence-electron chi connectivity index (χ1n) is 2.10. The molecule has 0 radical (unpaired) electrons. The Morgan fingerprint density at radius 3 is 1.56 bits per heavy atom. The van der Waals surface area contributed by atoms with Crippen LogP contribution >= 0.6 is 24.8 Å². The van der Waals surface area contributed by atoms with E-state index in [-0.39, 0.29) is 30.6 Å². The predicted molar refractivity (Wildman–Crippen MR) is 40.9 cm³/mol. The highest BCUT2D eigenvalue weighted by Crippen LogP contribution is 1.91. The second-order valence-corrected chi connectivity index (χ2v) is 1.30. The van der Waals surface area contributed by atoms with Crippen molar-refractivity contribution in [3.05, 3.63) is 36.1 Å². The molecular formula is C6H7Cl2F. The summed E-state index contributed by atoms with van der Waals surface area (Å²) in [6, 6.07) is 7.94. The number of benzene rings is 1. The highest BCUT2D eigenvalue weighted by Gasteiger charge is 1.77. The van der Waals surface area contributed by atoms with Gasteiger partial charge in [0.2, 0.25) is 0 Å². The summed E-state index contributed by atoms with van der Waals surface area (Å²) in [6.07, 6.45) is 0. The van der Waals surface area contributed by atoms with Gasteiger partial charge in [-0.05, 0) is 12.1 Å². The highest BCUT2D eigenvalue weighted by atomic mass is 35.5. The van der Waals surface area contributed by atoms with E-state index < -0.39 is 0 Å². The summed E-state index contributed by atoms with van der Waals surface area (Å²) in [5, 5.41) is 0. The van der Waals surface area contributed by atoms with Crippen molar-refractivity contribution in [3.8, 4) is 0 Å². The van der Waals surface area contributed by atoms with Gasteiger partial charge in [0, 0.05) is 0 Å². The second kappa shape index (κ2) is 5.86. The molecule has 0 aromatic heterocycles. The summed E-state index contributed by atoms with van der Waals surface area (Å²) in [5.74, 6) is -0.178. The maximum Gasteiger partial charge on any atom is 0.123 e. The van der Waals surface area contributed by atoms with Crippen LogP contribution in [0.3, 0.4) is 0 Å². The minimum absolute atomic E-state index is 0. The average Bonchev–Trinajstić information content (AvgIpc) is 1.69. The Morgan fingerprint density at radius 1 is 0.889 bits per heavy atom. The van der Waals surface area contributed by atoms with Gasteiger partial charge in [0.25, 0.3) is 0 Å². The van der Waals surface area contributed by atoms with Gasteiger partial charge in [0.05, 0.1) is 0 Å². The Bertz CT molecular complexity index is 141. The van der Waals surface area contributed by atoms with E-state index in [1.165, 1.54) is 12.1 Å². The molecule has 0 nitrogen and oxygen atoms in total. The van der Waals surface area contributed by atoms with E-state index in [4.69, 9.17) is 0 Å². The number of halogens is 3. The molecule has 0 aliphatic heterocycles. The van der Waals surface area contributed by atoms with Gasteiger partial charge in [-0.25, -0.2) is 4.39 Å². The van der Waals surface area contributed by atoms with E-state index in [0.29, 0.717) is 0 Å². The van der Waals surface area contributed by atoms with Gasteiger partial charge in [0.1, 0.15) is 5.82 Å². The minimum Gasteiger partial charge on any atom is -0.207 e. The first-order valence-corrected chi connectivity index (χ1v) is 2.10. The molecule has 0 aliphatic carbocycles. The molecule has 1 aromatic rings. The first kappa shape index (κ1) is 11.5. The molecule has 0 bridgehead atoms. The lowest BCUT2D eigenvalue weighted by Gasteiger charge is -1.78. The van der Waals surface area contributed by atoms with Gasteiger partial charge in [-0.1, -0.05) is 18.2 Å². The molecule has 0 unspecified atom stereocenters. The third-order valence-corrected chi connectivity index (χ3v) is 0.733. The summed E-state index contributed by atoms with van der Waals surface area (Å²) in [6.45, 7) is 0. The van der Waals surface area contributed by atoms with Crippen LogP contribution in [0.4, 0.5) is 4.39 Å². The van der Waals surface area contributed by atoms with E-state index in [1.54, 1.807) is 18.2 Å². The average molecular weight is 169 g/mol. The molecule has 0 spiro atoms. The quantitative estimate of drug-likeness (QED) is 0.560. The second-order valence-electron chi connectivity index (χ2n) is 1.30. The lowest BCUT2D eigenvalue weighted by molar-refractivity contribution is 0.628. The van der Waals surface area contributed by atoms with E-state index in [2.05, 4.69) is 0 Å². The summed E-state index contributed by atoms with van der Waals surface area (Å²) in [7, 11) is 0. The van der Waals surface area contributed by atoms with E-state index in [9.17, 15) is 4.39 Å². The molecule has 52 valence electrons. The lowest BCUT2D eigenvalue weighted by atomic mass is 10.4. The van der Waals surface area contributed by atoms with Crippen molar-refractivity contribution in [2.45, 2.75) is 0 Å². The van der Waals surface area contributed by atoms with Crippen molar-refractivity contribution in [2.24, 2.45) is 0 Å². The molecule has 0 N–H and O–H groups in total. The zero-order chi connectivity index (χ0) is 5.11. The fraction of sp³-hybridized carbons (Fsp3) is 0. The van der Waals surface area contributed by atoms with E-state index in [1.807, 2.05) is 0 Å². The standard InChI is InChI=1S/C6H5F.2ClH/c7-6-4-2-1-3-5-6;;/h1-5H;2*1H. The Balaban J connectivity index is 0. The molecule has 9 heavy (non-hydrogen) atoms. The summed E-state index contributed by atoms with van der Waals surface area (Å²) < 4.78 is 11.9. The summed E-state index contributed by atoms with van der Waals surface area (Å²) in [4.78, 5) is 0. The fourth-order valence-corrected chi connectivity index (χ4v) is 0.415. The van der Waals surface area contributed by atoms with Gasteiger partial charge < -0.3 is 0 Å². The van der Waals surface area contributed by atoms with Crippen LogP contribution in [0.15, 0.2) is 30.3 Å². The van der Waals surface area contributed by atoms with Gasteiger partial charge in [-0.15, -0.1) is 24.8 Å². The molecule has 3 heteroatoms. The zero-order valence-electron chi connectivity index (χ0n) is 4.58. The molecule has 0 heterocycles. The van der Waals surface area contributed by atoms with Crippen LogP contribution in [0.2, 0.25) is 0 Å². The fourth-order valence-electron chi connectivity index (χ4n) is 0.415. The number of hydrogen-bond donors (Lipinski definition) is 0. The molecule has 0 aliphatic rings. The van der Waals surface area contributed by atoms with Gasteiger partial charge >= 0.3 is 0 Å². The van der Waals surface area contributed by atoms with Crippen LogP contribution in [-0.4, -0.2) is 0 Å². The van der Waals surface area contributed by atoms with Crippen LogP contribution in [0.1, 0.15) is 0 Å². The van der Waals surface area contributed by atoms with E-state index in [0.717, 1.165) is 0 Å². The minimum atomic E-state index is -0.178. The largest absolute Gasteiger partial charge is 0.207 e. The van der Waals surface area contributed by atoms with Crippen LogP contribution in [0.5, 0.6) is 0 Å². The Hall–Kier alpha value is -0.270. The molecule has 0 atom stereocenters. The predicted octanol–water partition coefficient (Wildman–Crippen LogP) is 2.67. The van der Waals surface area contributed by atoms with E-state index >= 15 is 0 Å². The molecule has 0 saturated heterocycles. The van der Waals surface area contributed by atoms with Crippen LogP contribution in [0, 0.1) is 5.82 Å². The molecule has 0 amide bonds. The van der Waals surface area contributed by atoms with Crippen LogP contribution < -0.4 is 0 Å². The van der Waals surface area contributed by atoms with Gasteiger partial charge in [-0.2, -0.15) is 0 Å². The third-order valence-electron chi connectivity index (χ3n) is 0.733. The van der Waals surface area contributed by atoms with Crippen molar-refractivity contribution in [1.29, 1.82) is 0 Å². The van der Waals surface area contributed by atoms with Crippen molar-refractivity contribution in [3.63, 3.8) is 0 Å². The van der Waals surface area contributed by atoms with Crippen molar-refractivity contribution >= 4 is 24.8 Å². The van der Waals surface area contributed by atoms with Crippen molar-refractivity contribution in [1.82, 2.24) is 0 Å². The normalized spacial score (nSPS) is 6.78. The molecule has 1 rings (SSSR count).